The number of carboxylic acid groups (broad SMARTS) is 1. The summed E-state index contributed by atoms with van der Waals surface area (Å²) in [5, 5.41) is 13.0. The average Bonchev–Trinajstić information content (AvgIpc) is 2.92. The molecule has 0 aromatic carbocycles. The van der Waals surface area contributed by atoms with Crippen molar-refractivity contribution in [3.63, 3.8) is 0 Å². The molecule has 0 fully saturated rings. The van der Waals surface area contributed by atoms with Crippen LogP contribution in [-0.2, 0) is 20.7 Å². The van der Waals surface area contributed by atoms with Crippen LogP contribution in [0.2, 0.25) is 0 Å². The summed E-state index contributed by atoms with van der Waals surface area (Å²) in [6, 6.07) is 0. The summed E-state index contributed by atoms with van der Waals surface area (Å²) < 4.78 is 10.2. The maximum absolute atomic E-state index is 11.0. The van der Waals surface area contributed by atoms with Crippen molar-refractivity contribution in [2.24, 2.45) is 0 Å². The Morgan fingerprint density at radius 1 is 1.53 bits per heavy atom. The van der Waals surface area contributed by atoms with Crippen LogP contribution in [0.1, 0.15) is 22.9 Å². The molecule has 106 valence electrons. The Morgan fingerprint density at radius 3 is 3.11 bits per heavy atom. The number of ether oxygens (including phenoxy) is 2. The summed E-state index contributed by atoms with van der Waals surface area (Å²) in [4.78, 5) is 16.5. The lowest BCUT2D eigenvalue weighted by molar-refractivity contribution is -0.138. The number of carbonyl (C=O) groups is 1. The van der Waals surface area contributed by atoms with Crippen molar-refractivity contribution in [3.05, 3.63) is 10.6 Å². The molecule has 1 aliphatic carbocycles. The number of hydrogen-bond donors (Lipinski definition) is 2. The van der Waals surface area contributed by atoms with Gasteiger partial charge in [-0.2, -0.15) is 0 Å². The van der Waals surface area contributed by atoms with Gasteiger partial charge in [-0.1, -0.05) is 0 Å². The first kappa shape index (κ1) is 14.2. The Balaban J connectivity index is 1.77. The van der Waals surface area contributed by atoms with Crippen molar-refractivity contribution in [1.29, 1.82) is 0 Å². The molecule has 1 heterocycles. The van der Waals surface area contributed by atoms with Crippen molar-refractivity contribution in [2.75, 3.05) is 38.8 Å². The highest BCUT2D eigenvalue weighted by atomic mass is 32.1. The van der Waals surface area contributed by atoms with Gasteiger partial charge in [-0.05, 0) is 12.8 Å². The van der Waals surface area contributed by atoms with Gasteiger partial charge in [0.2, 0.25) is 0 Å². The number of hydrogen-bond acceptors (Lipinski definition) is 6. The topological polar surface area (TPSA) is 80.7 Å². The molecule has 1 atom stereocenters. The predicted molar refractivity (Wildman–Crippen MR) is 72.0 cm³/mol. The molecule has 1 aromatic rings. The number of carboxylic acids is 1. The Labute approximate surface area is 115 Å². The molecule has 0 aliphatic heterocycles. The lowest BCUT2D eigenvalue weighted by Crippen LogP contribution is -2.12. The van der Waals surface area contributed by atoms with Gasteiger partial charge in [0.1, 0.15) is 5.92 Å². The molecule has 1 aliphatic rings. The Kier molecular flexibility index (Phi) is 5.12. The van der Waals surface area contributed by atoms with Crippen molar-refractivity contribution < 1.29 is 19.4 Å². The number of aliphatic carboxylic acids is 1. The van der Waals surface area contributed by atoms with Gasteiger partial charge in [-0.3, -0.25) is 4.79 Å². The standard InChI is InChI=1S/C12H18N2O4S/c1-17-6-7-18-5-4-13-12-14-10-8(11(15)16)2-3-9(10)19-12/h8H,2-7H2,1H3,(H,13,14)(H,15,16). The molecule has 0 amide bonds. The lowest BCUT2D eigenvalue weighted by atomic mass is 10.1. The van der Waals surface area contributed by atoms with Crippen LogP contribution < -0.4 is 5.32 Å². The van der Waals surface area contributed by atoms with Gasteiger partial charge in [0.05, 0.1) is 25.5 Å². The summed E-state index contributed by atoms with van der Waals surface area (Å²) in [6.45, 7) is 2.41. The monoisotopic (exact) mass is 286 g/mol. The molecule has 19 heavy (non-hydrogen) atoms. The second-order valence-electron chi connectivity index (χ2n) is 4.29. The zero-order chi connectivity index (χ0) is 13.7. The molecule has 0 saturated heterocycles. The van der Waals surface area contributed by atoms with Gasteiger partial charge in [0, 0.05) is 18.5 Å². The van der Waals surface area contributed by atoms with E-state index < -0.39 is 11.9 Å². The van der Waals surface area contributed by atoms with E-state index in [9.17, 15) is 4.79 Å². The highest BCUT2D eigenvalue weighted by molar-refractivity contribution is 7.15. The number of aromatic nitrogens is 1. The number of aryl methyl sites for hydroxylation is 1. The number of anilines is 1. The Bertz CT molecular complexity index is 435. The SMILES string of the molecule is COCCOCCNc1nc2c(s1)CCC2C(=O)O. The van der Waals surface area contributed by atoms with Crippen LogP contribution in [0.5, 0.6) is 0 Å². The predicted octanol–water partition coefficient (Wildman–Crippen LogP) is 1.33. The molecule has 2 N–H and O–H groups in total. The first-order valence-electron chi connectivity index (χ1n) is 6.25. The molecule has 7 heteroatoms. The molecule has 0 spiro atoms. The van der Waals surface area contributed by atoms with E-state index in [4.69, 9.17) is 14.6 Å². The molecule has 0 radical (unpaired) electrons. The van der Waals surface area contributed by atoms with Crippen LogP contribution >= 0.6 is 11.3 Å². The van der Waals surface area contributed by atoms with Gasteiger partial charge in [-0.25, -0.2) is 4.98 Å². The minimum absolute atomic E-state index is 0.431. The fraction of sp³-hybridized carbons (Fsp3) is 0.667. The van der Waals surface area contributed by atoms with Crippen molar-refractivity contribution >= 4 is 22.4 Å². The van der Waals surface area contributed by atoms with Crippen LogP contribution in [0.15, 0.2) is 0 Å². The van der Waals surface area contributed by atoms with Crippen molar-refractivity contribution in [3.8, 4) is 0 Å². The minimum Gasteiger partial charge on any atom is -0.481 e. The highest BCUT2D eigenvalue weighted by Gasteiger charge is 2.32. The smallest absolute Gasteiger partial charge is 0.312 e. The van der Waals surface area contributed by atoms with E-state index in [-0.39, 0.29) is 0 Å². The van der Waals surface area contributed by atoms with Crippen LogP contribution in [0.3, 0.4) is 0 Å². The lowest BCUT2D eigenvalue weighted by Gasteiger charge is -2.05. The number of fused-ring (bicyclic) bond motifs is 1. The number of rotatable bonds is 8. The van der Waals surface area contributed by atoms with E-state index in [0.717, 1.165) is 22.1 Å². The first-order chi connectivity index (χ1) is 9.22. The minimum atomic E-state index is -0.779. The van der Waals surface area contributed by atoms with E-state index in [0.29, 0.717) is 32.8 Å². The average molecular weight is 286 g/mol. The van der Waals surface area contributed by atoms with E-state index >= 15 is 0 Å². The maximum atomic E-state index is 11.0. The molecule has 2 rings (SSSR count). The normalized spacial score (nSPS) is 17.4. The third-order valence-electron chi connectivity index (χ3n) is 2.97. The van der Waals surface area contributed by atoms with E-state index in [2.05, 4.69) is 10.3 Å². The van der Waals surface area contributed by atoms with Crippen LogP contribution in [0, 0.1) is 0 Å². The molecule has 6 nitrogen and oxygen atoms in total. The first-order valence-corrected chi connectivity index (χ1v) is 7.07. The fourth-order valence-corrected chi connectivity index (χ4v) is 3.08. The summed E-state index contributed by atoms with van der Waals surface area (Å²) in [6.07, 6.45) is 1.49. The third-order valence-corrected chi connectivity index (χ3v) is 4.06. The summed E-state index contributed by atoms with van der Waals surface area (Å²) in [5.74, 6) is -1.21. The summed E-state index contributed by atoms with van der Waals surface area (Å²) in [5.41, 5.74) is 0.736. The molecule has 1 aromatic heterocycles. The van der Waals surface area contributed by atoms with Gasteiger partial charge in [0.25, 0.3) is 0 Å². The number of nitrogens with one attached hydrogen (secondary N) is 1. The largest absolute Gasteiger partial charge is 0.481 e. The number of methoxy groups -OCH3 is 1. The Morgan fingerprint density at radius 2 is 2.37 bits per heavy atom. The quantitative estimate of drug-likeness (QED) is 0.702. The number of thiazole rings is 1. The van der Waals surface area contributed by atoms with Crippen molar-refractivity contribution in [1.82, 2.24) is 4.98 Å². The second kappa shape index (κ2) is 6.83. The second-order valence-corrected chi connectivity index (χ2v) is 5.37. The van der Waals surface area contributed by atoms with Crippen LogP contribution in [0.25, 0.3) is 0 Å². The summed E-state index contributed by atoms with van der Waals surface area (Å²) in [7, 11) is 1.64. The fourth-order valence-electron chi connectivity index (χ4n) is 2.02. The highest BCUT2D eigenvalue weighted by Crippen LogP contribution is 2.38. The van der Waals surface area contributed by atoms with Gasteiger partial charge < -0.3 is 19.9 Å². The van der Waals surface area contributed by atoms with Crippen molar-refractivity contribution in [2.45, 2.75) is 18.8 Å². The Hall–Kier alpha value is -1.18. The zero-order valence-corrected chi connectivity index (χ0v) is 11.7. The van der Waals surface area contributed by atoms with Gasteiger partial charge in [0.15, 0.2) is 5.13 Å². The molecular weight excluding hydrogens is 268 g/mol. The molecule has 0 bridgehead atoms. The maximum Gasteiger partial charge on any atom is 0.312 e. The zero-order valence-electron chi connectivity index (χ0n) is 10.8. The third kappa shape index (κ3) is 3.65. The molecular formula is C12H18N2O4S. The van der Waals surface area contributed by atoms with Gasteiger partial charge >= 0.3 is 5.97 Å². The molecule has 1 unspecified atom stereocenters. The van der Waals surface area contributed by atoms with E-state index in [1.165, 1.54) is 0 Å². The summed E-state index contributed by atoms with van der Waals surface area (Å²) >= 11 is 1.55. The van der Waals surface area contributed by atoms with Crippen LogP contribution in [-0.4, -0.2) is 49.5 Å². The van der Waals surface area contributed by atoms with E-state index in [1.54, 1.807) is 18.4 Å². The van der Waals surface area contributed by atoms with Crippen LogP contribution in [0.4, 0.5) is 5.13 Å². The number of nitrogens with zero attached hydrogens (tertiary/aromatic N) is 1. The van der Waals surface area contributed by atoms with E-state index in [1.807, 2.05) is 0 Å². The molecule has 0 saturated carbocycles. The van der Waals surface area contributed by atoms with Gasteiger partial charge in [-0.15, -0.1) is 11.3 Å².